The number of benzene rings is 1. The summed E-state index contributed by atoms with van der Waals surface area (Å²) < 4.78 is 60.3. The van der Waals surface area contributed by atoms with Crippen molar-refractivity contribution in [1.82, 2.24) is 0 Å². The van der Waals surface area contributed by atoms with Crippen LogP contribution < -0.4 is 10.5 Å². The molecule has 0 bridgehead atoms. The Kier molecular flexibility index (Phi) is 30.6. The molecule has 43 heavy (non-hydrogen) atoms. The summed E-state index contributed by atoms with van der Waals surface area (Å²) in [6.45, 7) is 13.6. The van der Waals surface area contributed by atoms with E-state index >= 15 is 0 Å². The Balaban J connectivity index is 1.62. The van der Waals surface area contributed by atoms with Crippen LogP contribution >= 0.6 is 0 Å². The summed E-state index contributed by atoms with van der Waals surface area (Å²) in [5, 5.41) is 0. The Hall–Kier alpha value is -1.58. The molecular formula is C31H57NO11. The summed E-state index contributed by atoms with van der Waals surface area (Å²) in [7, 11) is 0. The molecule has 2 N–H and O–H groups in total. The van der Waals surface area contributed by atoms with E-state index in [1.807, 2.05) is 12.1 Å². The molecule has 0 amide bonds. The van der Waals surface area contributed by atoms with Gasteiger partial charge in [-0.25, -0.2) is 0 Å². The topological polar surface area (TPSA) is 128 Å². The van der Waals surface area contributed by atoms with E-state index in [0.717, 1.165) is 18.8 Å². The monoisotopic (exact) mass is 619 g/mol. The van der Waals surface area contributed by atoms with Crippen molar-refractivity contribution in [2.75, 3.05) is 144 Å². The lowest BCUT2D eigenvalue weighted by atomic mass is 10.3. The van der Waals surface area contributed by atoms with Crippen molar-refractivity contribution in [2.24, 2.45) is 0 Å². The summed E-state index contributed by atoms with van der Waals surface area (Å²) in [6, 6.07) is 7.27. The molecule has 0 saturated carbocycles. The summed E-state index contributed by atoms with van der Waals surface area (Å²) in [6.07, 6.45) is 3.54. The Morgan fingerprint density at radius 2 is 0.651 bits per heavy atom. The van der Waals surface area contributed by atoms with E-state index in [4.69, 9.17) is 57.8 Å². The molecule has 12 nitrogen and oxygen atoms in total. The highest BCUT2D eigenvalue weighted by Crippen LogP contribution is 2.12. The normalized spacial score (nSPS) is 11.4. The molecule has 0 atom stereocenters. The highest BCUT2D eigenvalue weighted by Gasteiger charge is 1.97. The maximum atomic E-state index is 5.64. The van der Waals surface area contributed by atoms with Crippen molar-refractivity contribution in [3.05, 3.63) is 24.3 Å². The van der Waals surface area contributed by atoms with E-state index in [1.54, 1.807) is 12.1 Å². The first-order valence-corrected chi connectivity index (χ1v) is 15.6. The summed E-state index contributed by atoms with van der Waals surface area (Å²) in [4.78, 5) is 0. The van der Waals surface area contributed by atoms with E-state index in [-0.39, 0.29) is 0 Å². The Morgan fingerprint density at radius 3 is 0.953 bits per heavy atom. The molecule has 0 aliphatic carbocycles. The fourth-order valence-electron chi connectivity index (χ4n) is 3.32. The number of unbranched alkanes of at least 4 members (excludes halogenated alkanes) is 2. The van der Waals surface area contributed by atoms with Gasteiger partial charge in [-0.05, 0) is 30.7 Å². The van der Waals surface area contributed by atoms with Crippen molar-refractivity contribution in [3.8, 4) is 5.75 Å². The number of hydrogen-bond donors (Lipinski definition) is 1. The number of rotatable bonds is 35. The quantitative estimate of drug-likeness (QED) is 0.0886. The fraction of sp³-hybridized carbons (Fsp3) is 0.806. The lowest BCUT2D eigenvalue weighted by Gasteiger charge is -2.09. The maximum Gasteiger partial charge on any atom is 0.119 e. The van der Waals surface area contributed by atoms with Crippen LogP contribution in [-0.4, -0.2) is 139 Å². The summed E-state index contributed by atoms with van der Waals surface area (Å²) >= 11 is 0. The number of hydrogen-bond acceptors (Lipinski definition) is 12. The zero-order valence-electron chi connectivity index (χ0n) is 26.3. The van der Waals surface area contributed by atoms with Crippen molar-refractivity contribution in [2.45, 2.75) is 26.2 Å². The first-order valence-electron chi connectivity index (χ1n) is 15.6. The molecule has 1 aromatic rings. The van der Waals surface area contributed by atoms with Gasteiger partial charge in [-0.1, -0.05) is 19.8 Å². The Morgan fingerprint density at radius 1 is 0.372 bits per heavy atom. The second-order valence-electron chi connectivity index (χ2n) is 9.25. The van der Waals surface area contributed by atoms with Crippen molar-refractivity contribution < 1.29 is 52.1 Å². The van der Waals surface area contributed by atoms with E-state index in [1.165, 1.54) is 12.8 Å². The van der Waals surface area contributed by atoms with Crippen LogP contribution in [0.25, 0.3) is 0 Å². The van der Waals surface area contributed by atoms with Crippen LogP contribution in [0.3, 0.4) is 0 Å². The van der Waals surface area contributed by atoms with Crippen LogP contribution in [0, 0.1) is 0 Å². The molecule has 252 valence electrons. The third kappa shape index (κ3) is 30.2. The number of nitrogens with two attached hydrogens (primary N) is 1. The van der Waals surface area contributed by atoms with E-state index in [2.05, 4.69) is 6.92 Å². The van der Waals surface area contributed by atoms with Crippen molar-refractivity contribution in [1.29, 1.82) is 0 Å². The molecule has 0 aromatic heterocycles. The van der Waals surface area contributed by atoms with Gasteiger partial charge in [0.25, 0.3) is 0 Å². The lowest BCUT2D eigenvalue weighted by molar-refractivity contribution is -0.0267. The zero-order valence-corrected chi connectivity index (χ0v) is 26.3. The molecule has 0 fully saturated rings. The van der Waals surface area contributed by atoms with Crippen LogP contribution in [0.5, 0.6) is 5.75 Å². The molecule has 0 heterocycles. The van der Waals surface area contributed by atoms with Gasteiger partial charge in [-0.15, -0.1) is 0 Å². The Bertz CT molecular complexity index is 670. The third-order valence-corrected chi connectivity index (χ3v) is 5.62. The SMILES string of the molecule is CCCCCOCCOCCOCCOCCOCCOCCOCCOCCOCCOCCOc1ccc(N)cc1. The second-order valence-corrected chi connectivity index (χ2v) is 9.25. The first-order chi connectivity index (χ1) is 21.3. The van der Waals surface area contributed by atoms with E-state index < -0.39 is 0 Å². The van der Waals surface area contributed by atoms with Gasteiger partial charge in [0.2, 0.25) is 0 Å². The number of nitrogen functional groups attached to an aromatic ring is 1. The molecule has 1 rings (SSSR count). The molecule has 0 unspecified atom stereocenters. The van der Waals surface area contributed by atoms with Crippen LogP contribution in [0.4, 0.5) is 5.69 Å². The molecule has 0 radical (unpaired) electrons. The number of anilines is 1. The molecule has 0 spiro atoms. The first kappa shape index (κ1) is 39.4. The minimum atomic E-state index is 0.479. The van der Waals surface area contributed by atoms with Crippen LogP contribution in [0.2, 0.25) is 0 Å². The van der Waals surface area contributed by atoms with Crippen molar-refractivity contribution >= 4 is 5.69 Å². The zero-order chi connectivity index (χ0) is 30.7. The minimum absolute atomic E-state index is 0.479. The second kappa shape index (κ2) is 33.3. The average Bonchev–Trinajstić information content (AvgIpc) is 3.02. The van der Waals surface area contributed by atoms with Gasteiger partial charge in [0, 0.05) is 12.3 Å². The molecule has 1 aromatic carbocycles. The standard InChI is InChI=1S/C31H57NO11/c1-2-3-4-9-33-10-11-34-12-13-35-14-15-36-16-17-37-18-19-38-20-21-39-22-23-40-24-25-41-26-27-42-28-29-43-31-7-5-30(32)6-8-31/h5-8H,2-4,9-29,32H2,1H3. The van der Waals surface area contributed by atoms with Gasteiger partial charge in [0.05, 0.1) is 126 Å². The van der Waals surface area contributed by atoms with Gasteiger partial charge < -0.3 is 57.8 Å². The van der Waals surface area contributed by atoms with E-state index in [0.29, 0.717) is 138 Å². The highest BCUT2D eigenvalue weighted by molar-refractivity contribution is 5.41. The van der Waals surface area contributed by atoms with Gasteiger partial charge in [0.15, 0.2) is 0 Å². The van der Waals surface area contributed by atoms with Crippen LogP contribution in [0.1, 0.15) is 26.2 Å². The largest absolute Gasteiger partial charge is 0.491 e. The van der Waals surface area contributed by atoms with Crippen molar-refractivity contribution in [3.63, 3.8) is 0 Å². The molecule has 0 aliphatic heterocycles. The fourth-order valence-corrected chi connectivity index (χ4v) is 3.32. The summed E-state index contributed by atoms with van der Waals surface area (Å²) in [5.41, 5.74) is 6.35. The van der Waals surface area contributed by atoms with Gasteiger partial charge in [-0.2, -0.15) is 0 Å². The smallest absolute Gasteiger partial charge is 0.119 e. The lowest BCUT2D eigenvalue weighted by Crippen LogP contribution is -2.15. The van der Waals surface area contributed by atoms with Gasteiger partial charge in [-0.3, -0.25) is 0 Å². The highest BCUT2D eigenvalue weighted by atomic mass is 16.6. The Labute approximate surface area is 258 Å². The third-order valence-electron chi connectivity index (χ3n) is 5.62. The van der Waals surface area contributed by atoms with Crippen LogP contribution in [-0.2, 0) is 47.4 Å². The van der Waals surface area contributed by atoms with Crippen LogP contribution in [0.15, 0.2) is 24.3 Å². The summed E-state index contributed by atoms with van der Waals surface area (Å²) in [5.74, 6) is 0.774. The maximum absolute atomic E-state index is 5.64. The van der Waals surface area contributed by atoms with E-state index in [9.17, 15) is 0 Å². The molecule has 12 heteroatoms. The van der Waals surface area contributed by atoms with Gasteiger partial charge >= 0.3 is 0 Å². The van der Waals surface area contributed by atoms with Gasteiger partial charge in [0.1, 0.15) is 12.4 Å². The minimum Gasteiger partial charge on any atom is -0.491 e. The average molecular weight is 620 g/mol. The number of ether oxygens (including phenoxy) is 11. The molecular weight excluding hydrogens is 562 g/mol. The predicted molar refractivity (Wildman–Crippen MR) is 164 cm³/mol. The molecule has 0 saturated heterocycles. The predicted octanol–water partition coefficient (Wildman–Crippen LogP) is 3.00. The molecule has 0 aliphatic rings.